The van der Waals surface area contributed by atoms with Crippen molar-refractivity contribution in [1.29, 1.82) is 0 Å². The zero-order valence-corrected chi connectivity index (χ0v) is 10.4. The number of fused-ring (bicyclic) bond motifs is 1. The topological polar surface area (TPSA) is 36.4 Å². The summed E-state index contributed by atoms with van der Waals surface area (Å²) in [6.45, 7) is 1.12. The van der Waals surface area contributed by atoms with E-state index in [9.17, 15) is 9.50 Å². The van der Waals surface area contributed by atoms with Crippen LogP contribution in [0.25, 0.3) is 10.9 Å². The number of nitrogens with zero attached hydrogens (tertiary/aromatic N) is 2. The Balaban J connectivity index is 2.12. The van der Waals surface area contributed by atoms with Crippen molar-refractivity contribution in [2.45, 2.75) is 12.5 Å². The molecule has 0 unspecified atom stereocenters. The molecule has 1 aromatic carbocycles. The van der Waals surface area contributed by atoms with Gasteiger partial charge in [-0.3, -0.25) is 4.98 Å². The Bertz CT molecular complexity index is 605. The highest BCUT2D eigenvalue weighted by atomic mass is 35.5. The van der Waals surface area contributed by atoms with Crippen LogP contribution >= 0.6 is 11.6 Å². The molecule has 1 saturated heterocycles. The van der Waals surface area contributed by atoms with E-state index in [4.69, 9.17) is 11.6 Å². The highest BCUT2D eigenvalue weighted by molar-refractivity contribution is 6.35. The third-order valence-corrected chi connectivity index (χ3v) is 3.61. The van der Waals surface area contributed by atoms with Crippen molar-refractivity contribution in [2.75, 3.05) is 18.0 Å². The number of aliphatic hydroxyl groups is 1. The van der Waals surface area contributed by atoms with Gasteiger partial charge in [0.2, 0.25) is 0 Å². The normalized spacial score (nSPS) is 19.7. The van der Waals surface area contributed by atoms with Crippen molar-refractivity contribution < 1.29 is 9.50 Å². The van der Waals surface area contributed by atoms with E-state index in [1.54, 1.807) is 18.2 Å². The summed E-state index contributed by atoms with van der Waals surface area (Å²) in [4.78, 5) is 5.88. The van der Waals surface area contributed by atoms with Gasteiger partial charge >= 0.3 is 0 Å². The lowest BCUT2D eigenvalue weighted by Gasteiger charge is -2.19. The molecule has 0 aliphatic carbocycles. The van der Waals surface area contributed by atoms with Crippen molar-refractivity contribution in [1.82, 2.24) is 4.98 Å². The highest BCUT2D eigenvalue weighted by Crippen LogP contribution is 2.31. The van der Waals surface area contributed by atoms with E-state index >= 15 is 0 Å². The minimum Gasteiger partial charge on any atom is -0.391 e. The molecular weight excluding hydrogens is 255 g/mol. The third-order valence-electron chi connectivity index (χ3n) is 3.28. The van der Waals surface area contributed by atoms with Crippen LogP contribution in [-0.2, 0) is 0 Å². The van der Waals surface area contributed by atoms with Gasteiger partial charge in [-0.15, -0.1) is 0 Å². The molecule has 94 valence electrons. The van der Waals surface area contributed by atoms with E-state index in [0.29, 0.717) is 35.6 Å². The second-order valence-corrected chi connectivity index (χ2v) is 4.88. The molecule has 2 aromatic rings. The molecule has 1 aliphatic heterocycles. The number of hydrogen-bond acceptors (Lipinski definition) is 3. The van der Waals surface area contributed by atoms with Crippen LogP contribution in [0.1, 0.15) is 6.42 Å². The van der Waals surface area contributed by atoms with Crippen LogP contribution in [0, 0.1) is 5.82 Å². The monoisotopic (exact) mass is 266 g/mol. The quantitative estimate of drug-likeness (QED) is 0.862. The van der Waals surface area contributed by atoms with Gasteiger partial charge in [0.15, 0.2) is 5.82 Å². The van der Waals surface area contributed by atoms with Gasteiger partial charge in [0.05, 0.1) is 16.8 Å². The fourth-order valence-electron chi connectivity index (χ4n) is 2.34. The van der Waals surface area contributed by atoms with E-state index in [1.807, 2.05) is 4.90 Å². The Labute approximate surface area is 109 Å². The van der Waals surface area contributed by atoms with Gasteiger partial charge in [-0.25, -0.2) is 4.39 Å². The van der Waals surface area contributed by atoms with Crippen molar-refractivity contribution in [2.24, 2.45) is 0 Å². The Kier molecular flexibility index (Phi) is 2.84. The Morgan fingerprint density at radius 3 is 2.94 bits per heavy atom. The highest BCUT2D eigenvalue weighted by Gasteiger charge is 2.23. The lowest BCUT2D eigenvalue weighted by atomic mass is 10.2. The predicted octanol–water partition coefficient (Wildman–Crippen LogP) is 2.60. The number of β-amino-alcohol motifs (C(OH)–C–C–N with tert-alkyl or cyclic N) is 1. The average Bonchev–Trinajstić information content (AvgIpc) is 2.77. The van der Waals surface area contributed by atoms with Crippen LogP contribution in [0.2, 0.25) is 5.02 Å². The molecular formula is C13H12ClFN2O. The largest absolute Gasteiger partial charge is 0.391 e. The number of aromatic nitrogens is 1. The molecule has 0 amide bonds. The Morgan fingerprint density at radius 2 is 2.22 bits per heavy atom. The molecule has 0 bridgehead atoms. The minimum absolute atomic E-state index is 0.279. The standard InChI is InChI=1S/C13H12ClFN2O/c14-10-3-5-16-13-9(10)1-2-11(12(13)15)17-6-4-8(18)7-17/h1-3,5,8,18H,4,6-7H2/t8-/m0/s1. The second-order valence-electron chi connectivity index (χ2n) is 4.48. The predicted molar refractivity (Wildman–Crippen MR) is 69.5 cm³/mol. The molecule has 1 aliphatic rings. The SMILES string of the molecule is O[C@H]1CCN(c2ccc3c(Cl)ccnc3c2F)C1. The maximum absolute atomic E-state index is 14.4. The number of rotatable bonds is 1. The summed E-state index contributed by atoms with van der Waals surface area (Å²) >= 11 is 6.00. The summed E-state index contributed by atoms with van der Waals surface area (Å²) in [6.07, 6.45) is 1.78. The van der Waals surface area contributed by atoms with Gasteiger partial charge < -0.3 is 10.0 Å². The molecule has 18 heavy (non-hydrogen) atoms. The first kappa shape index (κ1) is 11.7. The van der Waals surface area contributed by atoms with E-state index in [1.165, 1.54) is 6.20 Å². The first-order valence-electron chi connectivity index (χ1n) is 5.82. The molecule has 1 N–H and O–H groups in total. The summed E-state index contributed by atoms with van der Waals surface area (Å²) in [5.41, 5.74) is 0.759. The lowest BCUT2D eigenvalue weighted by Crippen LogP contribution is -2.22. The molecule has 1 fully saturated rings. The van der Waals surface area contributed by atoms with Crippen molar-refractivity contribution >= 4 is 28.2 Å². The molecule has 5 heteroatoms. The number of hydrogen-bond donors (Lipinski definition) is 1. The van der Waals surface area contributed by atoms with Crippen molar-refractivity contribution in [3.8, 4) is 0 Å². The number of anilines is 1. The maximum Gasteiger partial charge on any atom is 0.172 e. The van der Waals surface area contributed by atoms with Crippen LogP contribution in [0.4, 0.5) is 10.1 Å². The summed E-state index contributed by atoms with van der Waals surface area (Å²) < 4.78 is 14.4. The van der Waals surface area contributed by atoms with Gasteiger partial charge in [0.25, 0.3) is 0 Å². The molecule has 0 saturated carbocycles. The number of benzene rings is 1. The fraction of sp³-hybridized carbons (Fsp3) is 0.308. The van der Waals surface area contributed by atoms with Gasteiger partial charge in [-0.05, 0) is 24.6 Å². The van der Waals surface area contributed by atoms with Crippen LogP contribution in [0.15, 0.2) is 24.4 Å². The Hall–Kier alpha value is -1.39. The van der Waals surface area contributed by atoms with Crippen molar-refractivity contribution in [3.05, 3.63) is 35.2 Å². The van der Waals surface area contributed by atoms with E-state index < -0.39 is 0 Å². The lowest BCUT2D eigenvalue weighted by molar-refractivity contribution is 0.198. The summed E-state index contributed by atoms with van der Waals surface area (Å²) in [6, 6.07) is 5.11. The fourth-order valence-corrected chi connectivity index (χ4v) is 2.55. The van der Waals surface area contributed by atoms with E-state index in [0.717, 1.165) is 0 Å². The number of pyridine rings is 1. The summed E-state index contributed by atoms with van der Waals surface area (Å²) in [5.74, 6) is -0.371. The molecule has 3 nitrogen and oxygen atoms in total. The summed E-state index contributed by atoms with van der Waals surface area (Å²) in [7, 11) is 0. The van der Waals surface area contributed by atoms with Gasteiger partial charge in [0, 0.05) is 24.7 Å². The zero-order valence-electron chi connectivity index (χ0n) is 9.61. The molecule has 2 heterocycles. The zero-order chi connectivity index (χ0) is 12.7. The van der Waals surface area contributed by atoms with Gasteiger partial charge in [0.1, 0.15) is 5.52 Å². The molecule has 0 spiro atoms. The van der Waals surface area contributed by atoms with E-state index in [2.05, 4.69) is 4.98 Å². The first-order chi connectivity index (χ1) is 8.66. The maximum atomic E-state index is 14.4. The van der Waals surface area contributed by atoms with Gasteiger partial charge in [-0.2, -0.15) is 0 Å². The Morgan fingerprint density at radius 1 is 1.39 bits per heavy atom. The minimum atomic E-state index is -0.382. The molecule has 1 atom stereocenters. The smallest absolute Gasteiger partial charge is 0.172 e. The third kappa shape index (κ3) is 1.82. The van der Waals surface area contributed by atoms with Crippen LogP contribution < -0.4 is 4.90 Å². The van der Waals surface area contributed by atoms with Crippen LogP contribution in [-0.4, -0.2) is 29.3 Å². The number of halogens is 2. The summed E-state index contributed by atoms with van der Waals surface area (Å²) in [5, 5.41) is 10.6. The molecule has 1 aromatic heterocycles. The number of aliphatic hydroxyl groups excluding tert-OH is 1. The molecule has 3 rings (SSSR count). The van der Waals surface area contributed by atoms with E-state index in [-0.39, 0.29) is 17.4 Å². The van der Waals surface area contributed by atoms with Crippen LogP contribution in [0.3, 0.4) is 0 Å². The van der Waals surface area contributed by atoms with Crippen LogP contribution in [0.5, 0.6) is 0 Å². The van der Waals surface area contributed by atoms with Gasteiger partial charge in [-0.1, -0.05) is 11.6 Å². The molecule has 0 radical (unpaired) electrons. The van der Waals surface area contributed by atoms with Crippen molar-refractivity contribution in [3.63, 3.8) is 0 Å². The first-order valence-corrected chi connectivity index (χ1v) is 6.20. The average molecular weight is 267 g/mol. The second kappa shape index (κ2) is 4.37.